The zero-order chi connectivity index (χ0) is 36.3. The quantitative estimate of drug-likeness (QED) is 0.184. The fourth-order valence-corrected chi connectivity index (χ4v) is 10.0. The van der Waals surface area contributed by atoms with Crippen LogP contribution >= 0.6 is 0 Å². The molecule has 3 rings (SSSR count). The van der Waals surface area contributed by atoms with Gasteiger partial charge in [0.25, 0.3) is 8.32 Å². The summed E-state index contributed by atoms with van der Waals surface area (Å²) < 4.78 is 37.8. The highest BCUT2D eigenvalue weighted by Crippen LogP contribution is 2.39. The van der Waals surface area contributed by atoms with Gasteiger partial charge < -0.3 is 28.1 Å². The lowest BCUT2D eigenvalue weighted by atomic mass is 9.93. The van der Waals surface area contributed by atoms with Gasteiger partial charge >= 0.3 is 17.9 Å². The van der Waals surface area contributed by atoms with Crippen molar-refractivity contribution in [2.45, 2.75) is 119 Å². The fraction of sp³-hybridized carbons (Fsp3) is 0.605. The van der Waals surface area contributed by atoms with Gasteiger partial charge in [0.1, 0.15) is 6.10 Å². The smallest absolute Gasteiger partial charge is 0.311 e. The second kappa shape index (κ2) is 14.8. The standard InChI is InChI=1S/C38H56O9Si/c1-35(2,3)32(39)45-28-27(24-43-48(38(10,11)12,25-20-16-14-17-21-25)26-22-18-15-19-23-26)44-31(42-13)30(47-34(41)37(7,8)9)29(28)46-33(40)36(4,5)6/h14-23,27-31H,24H2,1-13H3/t27?,28-,29+,30?,31-/m0/s1. The van der Waals surface area contributed by atoms with Crippen molar-refractivity contribution < 1.29 is 42.5 Å². The molecule has 0 amide bonds. The van der Waals surface area contributed by atoms with Gasteiger partial charge in [-0.3, -0.25) is 14.4 Å². The Balaban J connectivity index is 2.21. The van der Waals surface area contributed by atoms with Crippen LogP contribution in [0.2, 0.25) is 5.04 Å². The molecule has 266 valence electrons. The third-order valence-corrected chi connectivity index (χ3v) is 13.3. The van der Waals surface area contributed by atoms with Gasteiger partial charge in [-0.2, -0.15) is 0 Å². The van der Waals surface area contributed by atoms with Gasteiger partial charge in [-0.1, -0.05) is 81.4 Å². The number of methoxy groups -OCH3 is 1. The number of rotatable bonds is 9. The van der Waals surface area contributed by atoms with Gasteiger partial charge in [0, 0.05) is 7.11 Å². The van der Waals surface area contributed by atoms with Crippen LogP contribution in [0, 0.1) is 16.2 Å². The maximum absolute atomic E-state index is 13.6. The molecule has 1 aliphatic heterocycles. The van der Waals surface area contributed by atoms with Crippen LogP contribution in [0.25, 0.3) is 0 Å². The van der Waals surface area contributed by atoms with Crippen LogP contribution in [0.4, 0.5) is 0 Å². The molecule has 2 aromatic carbocycles. The molecular formula is C38H56O9Si. The number of hydrogen-bond acceptors (Lipinski definition) is 9. The van der Waals surface area contributed by atoms with Crippen LogP contribution in [0.5, 0.6) is 0 Å². The molecule has 1 aliphatic rings. The Morgan fingerprint density at radius 3 is 1.33 bits per heavy atom. The van der Waals surface area contributed by atoms with Gasteiger partial charge in [-0.15, -0.1) is 0 Å². The van der Waals surface area contributed by atoms with E-state index < -0.39 is 73.2 Å². The van der Waals surface area contributed by atoms with Gasteiger partial charge in [-0.25, -0.2) is 0 Å². The molecule has 0 aromatic heterocycles. The Labute approximate surface area is 288 Å². The van der Waals surface area contributed by atoms with E-state index in [4.69, 9.17) is 28.1 Å². The summed E-state index contributed by atoms with van der Waals surface area (Å²) >= 11 is 0. The van der Waals surface area contributed by atoms with Gasteiger partial charge in [0.2, 0.25) is 0 Å². The minimum atomic E-state index is -3.08. The zero-order valence-electron chi connectivity index (χ0n) is 31.0. The average Bonchev–Trinajstić information content (AvgIpc) is 2.98. The van der Waals surface area contributed by atoms with E-state index in [2.05, 4.69) is 45.0 Å². The molecule has 0 N–H and O–H groups in total. The topological polar surface area (TPSA) is 107 Å². The maximum atomic E-state index is 13.6. The Morgan fingerprint density at radius 2 is 0.979 bits per heavy atom. The first kappa shape index (κ1) is 39.4. The van der Waals surface area contributed by atoms with E-state index in [9.17, 15) is 14.4 Å². The Hall–Kier alpha value is -3.05. The normalized spacial score (nSPS) is 22.5. The second-order valence-corrected chi connectivity index (χ2v) is 20.9. The fourth-order valence-electron chi connectivity index (χ4n) is 5.47. The first-order chi connectivity index (χ1) is 22.0. The van der Waals surface area contributed by atoms with Gasteiger partial charge in [-0.05, 0) is 77.7 Å². The Morgan fingerprint density at radius 1 is 0.604 bits per heavy atom. The molecule has 1 fully saturated rings. The molecule has 0 saturated carbocycles. The van der Waals surface area contributed by atoms with Crippen LogP contribution < -0.4 is 10.4 Å². The predicted octanol–water partition coefficient (Wildman–Crippen LogP) is 5.81. The molecule has 2 aromatic rings. The van der Waals surface area contributed by atoms with Crippen molar-refractivity contribution in [2.24, 2.45) is 16.2 Å². The lowest BCUT2D eigenvalue weighted by molar-refractivity contribution is -0.305. The van der Waals surface area contributed by atoms with E-state index in [0.717, 1.165) is 10.4 Å². The summed E-state index contributed by atoms with van der Waals surface area (Å²) in [5.74, 6) is -1.66. The van der Waals surface area contributed by atoms with Gasteiger partial charge in [0.15, 0.2) is 24.6 Å². The van der Waals surface area contributed by atoms with E-state index in [-0.39, 0.29) is 11.6 Å². The molecule has 0 bridgehead atoms. The lowest BCUT2D eigenvalue weighted by Gasteiger charge is -2.48. The molecule has 0 spiro atoms. The first-order valence-corrected chi connectivity index (χ1v) is 18.5. The summed E-state index contributed by atoms with van der Waals surface area (Å²) in [4.78, 5) is 40.3. The molecule has 1 saturated heterocycles. The van der Waals surface area contributed by atoms with E-state index in [1.807, 2.05) is 36.4 Å². The third-order valence-electron chi connectivity index (χ3n) is 8.27. The van der Waals surface area contributed by atoms with E-state index in [1.165, 1.54) is 7.11 Å². The van der Waals surface area contributed by atoms with E-state index in [0.29, 0.717) is 0 Å². The largest absolute Gasteiger partial charge is 0.455 e. The Bertz CT molecular complexity index is 1340. The number of carbonyl (C=O) groups is 3. The monoisotopic (exact) mass is 684 g/mol. The van der Waals surface area contributed by atoms with Crippen LogP contribution in [0.15, 0.2) is 60.7 Å². The van der Waals surface area contributed by atoms with Crippen molar-refractivity contribution in [2.75, 3.05) is 13.7 Å². The minimum Gasteiger partial charge on any atom is -0.455 e. The second-order valence-electron chi connectivity index (χ2n) is 16.6. The number of benzene rings is 2. The maximum Gasteiger partial charge on any atom is 0.311 e. The van der Waals surface area contributed by atoms with E-state index >= 15 is 0 Å². The molecule has 10 heteroatoms. The van der Waals surface area contributed by atoms with Crippen molar-refractivity contribution in [3.05, 3.63) is 60.7 Å². The van der Waals surface area contributed by atoms with Crippen LogP contribution in [0.1, 0.15) is 83.1 Å². The van der Waals surface area contributed by atoms with Crippen molar-refractivity contribution in [1.29, 1.82) is 0 Å². The summed E-state index contributed by atoms with van der Waals surface area (Å²) in [6.45, 7) is 21.9. The number of ether oxygens (including phenoxy) is 5. The van der Waals surface area contributed by atoms with Gasteiger partial charge in [0.05, 0.1) is 22.9 Å². The third kappa shape index (κ3) is 8.94. The lowest BCUT2D eigenvalue weighted by Crippen LogP contribution is -2.69. The summed E-state index contributed by atoms with van der Waals surface area (Å²) in [6, 6.07) is 20.3. The van der Waals surface area contributed by atoms with Crippen molar-refractivity contribution >= 4 is 36.6 Å². The highest BCUT2D eigenvalue weighted by atomic mass is 28.4. The first-order valence-electron chi connectivity index (χ1n) is 16.6. The molecule has 5 atom stereocenters. The average molecular weight is 685 g/mol. The molecule has 0 radical (unpaired) electrons. The van der Waals surface area contributed by atoms with Crippen molar-refractivity contribution in [3.63, 3.8) is 0 Å². The SMILES string of the molecule is CO[C@H]1OC(CO[Si](c2ccccc2)(c2ccccc2)C(C)(C)C)[C@H](OC(=O)C(C)(C)C)[C@@H](OC(=O)C(C)(C)C)C1OC(=O)C(C)(C)C. The predicted molar refractivity (Wildman–Crippen MR) is 187 cm³/mol. The molecule has 9 nitrogen and oxygen atoms in total. The molecule has 48 heavy (non-hydrogen) atoms. The highest BCUT2D eigenvalue weighted by Gasteiger charge is 2.56. The highest BCUT2D eigenvalue weighted by molar-refractivity contribution is 6.99. The number of hydrogen-bond donors (Lipinski definition) is 0. The van der Waals surface area contributed by atoms with E-state index in [1.54, 1.807) is 62.3 Å². The van der Waals surface area contributed by atoms with Crippen molar-refractivity contribution in [1.82, 2.24) is 0 Å². The van der Waals surface area contributed by atoms with Crippen LogP contribution in [0.3, 0.4) is 0 Å². The number of esters is 3. The van der Waals surface area contributed by atoms with Crippen molar-refractivity contribution in [3.8, 4) is 0 Å². The van der Waals surface area contributed by atoms with Crippen LogP contribution in [-0.4, -0.2) is 70.6 Å². The molecule has 2 unspecified atom stereocenters. The summed E-state index contributed by atoms with van der Waals surface area (Å²) in [5, 5.41) is 1.75. The molecular weight excluding hydrogens is 628 g/mol. The minimum absolute atomic E-state index is 0.0429. The van der Waals surface area contributed by atoms with Crippen LogP contribution in [-0.2, 0) is 42.5 Å². The summed E-state index contributed by atoms with van der Waals surface area (Å²) in [7, 11) is -1.65. The molecule has 1 heterocycles. The summed E-state index contributed by atoms with van der Waals surface area (Å²) in [5.41, 5.74) is -2.71. The zero-order valence-corrected chi connectivity index (χ0v) is 32.0. The Kier molecular flexibility index (Phi) is 12.2. The summed E-state index contributed by atoms with van der Waals surface area (Å²) in [6.07, 6.45) is -5.84. The molecule has 0 aliphatic carbocycles. The number of carbonyl (C=O) groups excluding carboxylic acids is 3.